The lowest BCUT2D eigenvalue weighted by Crippen LogP contribution is -2.34. The monoisotopic (exact) mass is 206 g/mol. The van der Waals surface area contributed by atoms with Gasteiger partial charge in [0.2, 0.25) is 0 Å². The van der Waals surface area contributed by atoms with Crippen LogP contribution in [0.5, 0.6) is 5.75 Å². The predicted molar refractivity (Wildman–Crippen MR) is 59.0 cm³/mol. The summed E-state index contributed by atoms with van der Waals surface area (Å²) in [6.07, 6.45) is 3.82. The summed E-state index contributed by atoms with van der Waals surface area (Å²) in [7, 11) is 0. The molecule has 15 heavy (non-hydrogen) atoms. The van der Waals surface area contributed by atoms with Gasteiger partial charge in [-0.1, -0.05) is 30.4 Å². The van der Waals surface area contributed by atoms with Crippen molar-refractivity contribution in [3.05, 3.63) is 35.9 Å². The van der Waals surface area contributed by atoms with Crippen molar-refractivity contribution in [3.63, 3.8) is 0 Å². The van der Waals surface area contributed by atoms with Crippen LogP contribution in [0.3, 0.4) is 0 Å². The molecule has 0 aliphatic rings. The van der Waals surface area contributed by atoms with Crippen molar-refractivity contribution < 1.29 is 9.53 Å². The van der Waals surface area contributed by atoms with E-state index >= 15 is 0 Å². The zero-order valence-corrected chi connectivity index (χ0v) is 8.57. The third-order valence-electron chi connectivity index (χ3n) is 1.78. The number of carbonyl (C=O) groups excluding carboxylic acids is 1. The highest BCUT2D eigenvalue weighted by molar-refractivity contribution is 5.77. The number of hydrogen-bond donors (Lipinski definition) is 2. The first-order valence-electron chi connectivity index (χ1n) is 4.62. The summed E-state index contributed by atoms with van der Waals surface area (Å²) in [4.78, 5) is 10.9. The van der Waals surface area contributed by atoms with Crippen molar-refractivity contribution in [2.24, 2.45) is 5.84 Å². The molecule has 0 spiro atoms. The van der Waals surface area contributed by atoms with E-state index in [0.29, 0.717) is 5.75 Å². The van der Waals surface area contributed by atoms with Gasteiger partial charge in [0.1, 0.15) is 5.75 Å². The number of amides is 1. The van der Waals surface area contributed by atoms with Crippen LogP contribution < -0.4 is 16.0 Å². The van der Waals surface area contributed by atoms with Crippen LogP contribution in [0.15, 0.2) is 30.3 Å². The summed E-state index contributed by atoms with van der Waals surface area (Å²) in [6, 6.07) is 7.47. The topological polar surface area (TPSA) is 64.3 Å². The van der Waals surface area contributed by atoms with Crippen molar-refractivity contribution in [2.75, 3.05) is 6.61 Å². The lowest BCUT2D eigenvalue weighted by Gasteiger charge is -2.07. The number of nitrogens with one attached hydrogen (secondary N) is 1. The second-order valence-corrected chi connectivity index (χ2v) is 2.89. The standard InChI is InChI=1S/C11H14N2O2/c1-2-5-9-6-3-4-7-10(9)15-8-11(14)13-12/h2-7H,8,12H2,1H3,(H,13,14). The Hall–Kier alpha value is -1.81. The van der Waals surface area contributed by atoms with Gasteiger partial charge in [-0.15, -0.1) is 0 Å². The minimum Gasteiger partial charge on any atom is -0.483 e. The Morgan fingerprint density at radius 3 is 2.93 bits per heavy atom. The fourth-order valence-electron chi connectivity index (χ4n) is 1.11. The molecule has 0 unspecified atom stereocenters. The third kappa shape index (κ3) is 3.44. The Balaban J connectivity index is 2.71. The number of rotatable bonds is 4. The summed E-state index contributed by atoms with van der Waals surface area (Å²) >= 11 is 0. The van der Waals surface area contributed by atoms with Crippen LogP contribution in [0.4, 0.5) is 0 Å². The van der Waals surface area contributed by atoms with Gasteiger partial charge in [0, 0.05) is 5.56 Å². The SMILES string of the molecule is CC=Cc1ccccc1OCC(=O)NN. The van der Waals surface area contributed by atoms with Crippen LogP contribution in [0.1, 0.15) is 12.5 Å². The number of hydrogen-bond acceptors (Lipinski definition) is 3. The zero-order chi connectivity index (χ0) is 11.1. The Kier molecular flexibility index (Phi) is 4.37. The highest BCUT2D eigenvalue weighted by atomic mass is 16.5. The van der Waals surface area contributed by atoms with Gasteiger partial charge in [-0.2, -0.15) is 0 Å². The molecule has 1 amide bonds. The molecule has 4 nitrogen and oxygen atoms in total. The molecular weight excluding hydrogens is 192 g/mol. The maximum absolute atomic E-state index is 10.9. The van der Waals surface area contributed by atoms with Crippen LogP contribution in [0.25, 0.3) is 6.08 Å². The molecule has 0 saturated carbocycles. The minimum absolute atomic E-state index is 0.0783. The summed E-state index contributed by atoms with van der Waals surface area (Å²) < 4.78 is 5.30. The van der Waals surface area contributed by atoms with Gasteiger partial charge in [-0.05, 0) is 13.0 Å². The maximum atomic E-state index is 10.9. The highest BCUT2D eigenvalue weighted by Crippen LogP contribution is 2.19. The average Bonchev–Trinajstić information content (AvgIpc) is 2.28. The second-order valence-electron chi connectivity index (χ2n) is 2.89. The van der Waals surface area contributed by atoms with Crippen molar-refractivity contribution >= 4 is 12.0 Å². The van der Waals surface area contributed by atoms with E-state index in [9.17, 15) is 4.79 Å². The molecule has 0 saturated heterocycles. The smallest absolute Gasteiger partial charge is 0.271 e. The number of hydrazine groups is 1. The van der Waals surface area contributed by atoms with Crippen LogP contribution in [0.2, 0.25) is 0 Å². The van der Waals surface area contributed by atoms with E-state index in [4.69, 9.17) is 10.6 Å². The Morgan fingerprint density at radius 2 is 2.27 bits per heavy atom. The summed E-state index contributed by atoms with van der Waals surface area (Å²) in [5, 5.41) is 0. The van der Waals surface area contributed by atoms with E-state index in [1.807, 2.05) is 42.7 Å². The fraction of sp³-hybridized carbons (Fsp3) is 0.182. The van der Waals surface area contributed by atoms with Gasteiger partial charge < -0.3 is 4.74 Å². The van der Waals surface area contributed by atoms with Gasteiger partial charge in [0.15, 0.2) is 6.61 Å². The van der Waals surface area contributed by atoms with Crippen LogP contribution in [-0.2, 0) is 4.79 Å². The van der Waals surface area contributed by atoms with Crippen LogP contribution in [-0.4, -0.2) is 12.5 Å². The largest absolute Gasteiger partial charge is 0.483 e. The average molecular weight is 206 g/mol. The lowest BCUT2D eigenvalue weighted by molar-refractivity contribution is -0.123. The van der Waals surface area contributed by atoms with E-state index in [-0.39, 0.29) is 12.5 Å². The molecule has 0 radical (unpaired) electrons. The molecule has 80 valence electrons. The highest BCUT2D eigenvalue weighted by Gasteiger charge is 2.02. The van der Waals surface area contributed by atoms with E-state index in [0.717, 1.165) is 5.56 Å². The minimum atomic E-state index is -0.356. The zero-order valence-electron chi connectivity index (χ0n) is 8.57. The predicted octanol–water partition coefficient (Wildman–Crippen LogP) is 1.09. The molecule has 0 atom stereocenters. The first-order valence-corrected chi connectivity index (χ1v) is 4.62. The lowest BCUT2D eigenvalue weighted by atomic mass is 10.2. The molecule has 1 rings (SSSR count). The molecule has 0 aliphatic heterocycles. The van der Waals surface area contributed by atoms with Crippen molar-refractivity contribution in [2.45, 2.75) is 6.92 Å². The van der Waals surface area contributed by atoms with Gasteiger partial charge in [-0.25, -0.2) is 5.84 Å². The van der Waals surface area contributed by atoms with Gasteiger partial charge in [0.25, 0.3) is 5.91 Å². The number of ether oxygens (including phenoxy) is 1. The molecule has 1 aromatic rings. The quantitative estimate of drug-likeness (QED) is 0.440. The van der Waals surface area contributed by atoms with Crippen LogP contribution >= 0.6 is 0 Å². The number of carbonyl (C=O) groups is 1. The molecule has 0 aromatic heterocycles. The van der Waals surface area contributed by atoms with E-state index in [1.165, 1.54) is 0 Å². The van der Waals surface area contributed by atoms with Gasteiger partial charge in [-0.3, -0.25) is 10.2 Å². The molecule has 1 aromatic carbocycles. The fourth-order valence-corrected chi connectivity index (χ4v) is 1.11. The molecule has 4 heteroatoms. The third-order valence-corrected chi connectivity index (χ3v) is 1.78. The second kappa shape index (κ2) is 5.82. The number of benzene rings is 1. The molecular formula is C11H14N2O2. The molecule has 0 fully saturated rings. The molecule has 3 N–H and O–H groups in total. The molecule has 0 heterocycles. The van der Waals surface area contributed by atoms with E-state index in [1.54, 1.807) is 6.07 Å². The van der Waals surface area contributed by atoms with E-state index in [2.05, 4.69) is 0 Å². The summed E-state index contributed by atoms with van der Waals surface area (Å²) in [6.45, 7) is 1.84. The Bertz CT molecular complexity index is 361. The van der Waals surface area contributed by atoms with Gasteiger partial charge >= 0.3 is 0 Å². The Labute approximate surface area is 88.7 Å². The van der Waals surface area contributed by atoms with Gasteiger partial charge in [0.05, 0.1) is 0 Å². The maximum Gasteiger partial charge on any atom is 0.271 e. The first kappa shape index (κ1) is 11.3. The number of nitrogens with two attached hydrogens (primary N) is 1. The number of para-hydroxylation sites is 1. The molecule has 0 aliphatic carbocycles. The molecule has 0 bridgehead atoms. The first-order chi connectivity index (χ1) is 7.27. The normalized spacial score (nSPS) is 10.3. The summed E-state index contributed by atoms with van der Waals surface area (Å²) in [5.41, 5.74) is 2.94. The van der Waals surface area contributed by atoms with Crippen molar-refractivity contribution in [1.29, 1.82) is 0 Å². The Morgan fingerprint density at radius 1 is 1.53 bits per heavy atom. The van der Waals surface area contributed by atoms with Crippen molar-refractivity contribution in [1.82, 2.24) is 5.43 Å². The summed E-state index contributed by atoms with van der Waals surface area (Å²) in [5.74, 6) is 5.25. The van der Waals surface area contributed by atoms with Crippen molar-refractivity contribution in [3.8, 4) is 5.75 Å². The number of allylic oxidation sites excluding steroid dienone is 1. The van der Waals surface area contributed by atoms with E-state index < -0.39 is 0 Å². The van der Waals surface area contributed by atoms with Crippen LogP contribution in [0, 0.1) is 0 Å².